The second kappa shape index (κ2) is 9.08. The zero-order valence-electron chi connectivity index (χ0n) is 13.1. The van der Waals surface area contributed by atoms with Gasteiger partial charge in [-0.1, -0.05) is 0 Å². The van der Waals surface area contributed by atoms with Crippen molar-refractivity contribution in [1.82, 2.24) is 0 Å². The van der Waals surface area contributed by atoms with E-state index in [1.807, 2.05) is 0 Å². The third-order valence-electron chi connectivity index (χ3n) is 1.97. The minimum atomic E-state index is -4.07. The molecule has 0 heterocycles. The lowest BCUT2D eigenvalue weighted by Gasteiger charge is -2.19. The van der Waals surface area contributed by atoms with Crippen LogP contribution in [0.5, 0.6) is 0 Å². The van der Waals surface area contributed by atoms with E-state index in [4.69, 9.17) is 0 Å². The van der Waals surface area contributed by atoms with Crippen LogP contribution in [-0.4, -0.2) is 56.4 Å². The molecule has 0 amide bonds. The van der Waals surface area contributed by atoms with E-state index >= 15 is 0 Å². The highest BCUT2D eigenvalue weighted by Crippen LogP contribution is 2.08. The quantitative estimate of drug-likeness (QED) is 0.406. The molecule has 0 fully saturated rings. The number of ether oxygens (including phenoxy) is 4. The zero-order valence-corrected chi connectivity index (χ0v) is 13.9. The average Bonchev–Trinajstić information content (AvgIpc) is 2.22. The lowest BCUT2D eigenvalue weighted by atomic mass is 10.6. The summed E-state index contributed by atoms with van der Waals surface area (Å²) in [5.74, 6) is -5.20. The van der Waals surface area contributed by atoms with Crippen LogP contribution in [0.15, 0.2) is 0 Å². The van der Waals surface area contributed by atoms with Gasteiger partial charge < -0.3 is 18.9 Å². The van der Waals surface area contributed by atoms with Gasteiger partial charge in [0.2, 0.25) is 0 Å². The van der Waals surface area contributed by atoms with Crippen LogP contribution in [0.25, 0.3) is 0 Å². The van der Waals surface area contributed by atoms with Crippen molar-refractivity contribution in [3.8, 4) is 0 Å². The van der Waals surface area contributed by atoms with Crippen LogP contribution in [0.4, 0.5) is 0 Å². The van der Waals surface area contributed by atoms with Crippen LogP contribution in [0, 0.1) is 0 Å². The molecule has 0 N–H and O–H groups in total. The Bertz CT molecular complexity index is 488. The molecule has 0 rings (SSSR count). The molecule has 0 aliphatic carbocycles. The van der Waals surface area contributed by atoms with Crippen LogP contribution in [0.1, 0.15) is 27.7 Å². The highest BCUT2D eigenvalue weighted by molar-refractivity contribution is 7.91. The number of carbonyl (C=O) groups excluding carboxylic acids is 4. The Morgan fingerprint density at radius 3 is 1.04 bits per heavy atom. The van der Waals surface area contributed by atoms with Gasteiger partial charge in [0, 0.05) is 27.7 Å². The van der Waals surface area contributed by atoms with Gasteiger partial charge >= 0.3 is 23.9 Å². The molecule has 0 saturated heterocycles. The average molecular weight is 354 g/mol. The summed E-state index contributed by atoms with van der Waals surface area (Å²) in [6, 6.07) is 0. The normalized spacial score (nSPS) is 11.0. The van der Waals surface area contributed by atoms with Crippen molar-refractivity contribution in [3.05, 3.63) is 0 Å². The van der Waals surface area contributed by atoms with Crippen molar-refractivity contribution < 1.29 is 46.5 Å². The number of carbonyl (C=O) groups is 4. The van der Waals surface area contributed by atoms with E-state index in [0.717, 1.165) is 27.7 Å². The molecule has 0 aromatic heterocycles. The molecule has 0 radical (unpaired) electrons. The van der Waals surface area contributed by atoms with Crippen molar-refractivity contribution in [1.29, 1.82) is 0 Å². The topological polar surface area (TPSA) is 139 Å². The smallest absolute Gasteiger partial charge is 0.305 e. The van der Waals surface area contributed by atoms with E-state index in [0.29, 0.717) is 0 Å². The molecule has 0 atom stereocenters. The van der Waals surface area contributed by atoms with Gasteiger partial charge in [0.05, 0.1) is 0 Å². The first-order valence-corrected chi connectivity index (χ1v) is 8.12. The molecule has 132 valence electrons. The van der Waals surface area contributed by atoms with Crippen molar-refractivity contribution in [3.63, 3.8) is 0 Å². The molecule has 0 aliphatic heterocycles. The standard InChI is InChI=1S/C12H18O10S/c1-7(13)19-11(20-8(2)14)5-23(17,18)6-12(21-9(3)15)22-10(4)16/h11-12H,5-6H2,1-4H3. The highest BCUT2D eigenvalue weighted by Gasteiger charge is 2.30. The van der Waals surface area contributed by atoms with E-state index in [1.54, 1.807) is 0 Å². The largest absolute Gasteiger partial charge is 0.424 e. The van der Waals surface area contributed by atoms with E-state index in [2.05, 4.69) is 18.9 Å². The lowest BCUT2D eigenvalue weighted by Crippen LogP contribution is -2.36. The second-order valence-corrected chi connectivity index (χ2v) is 6.53. The summed E-state index contributed by atoms with van der Waals surface area (Å²) in [5, 5.41) is 0. The molecule has 0 bridgehead atoms. The first kappa shape index (κ1) is 20.8. The third-order valence-corrected chi connectivity index (χ3v) is 3.53. The summed E-state index contributed by atoms with van der Waals surface area (Å²) in [5.41, 5.74) is 0. The van der Waals surface area contributed by atoms with E-state index < -0.39 is 57.8 Å². The molecule has 11 heteroatoms. The van der Waals surface area contributed by atoms with Gasteiger partial charge in [0.25, 0.3) is 12.6 Å². The summed E-state index contributed by atoms with van der Waals surface area (Å²) >= 11 is 0. The maximum atomic E-state index is 12.0. The molecule has 0 saturated carbocycles. The molecular formula is C12H18O10S. The molecule has 0 aromatic rings. The van der Waals surface area contributed by atoms with Crippen LogP contribution in [-0.2, 0) is 48.0 Å². The van der Waals surface area contributed by atoms with Gasteiger partial charge in [0.1, 0.15) is 11.5 Å². The van der Waals surface area contributed by atoms with E-state index in [1.165, 1.54) is 0 Å². The zero-order chi connectivity index (χ0) is 18.2. The van der Waals surface area contributed by atoms with Gasteiger partial charge in [-0.15, -0.1) is 0 Å². The Labute approximate surface area is 132 Å². The van der Waals surface area contributed by atoms with E-state index in [-0.39, 0.29) is 0 Å². The maximum Gasteiger partial charge on any atom is 0.305 e. The molecule has 0 aromatic carbocycles. The molecule has 0 spiro atoms. The maximum absolute atomic E-state index is 12.0. The van der Waals surface area contributed by atoms with Gasteiger partial charge in [-0.2, -0.15) is 0 Å². The summed E-state index contributed by atoms with van der Waals surface area (Å²) in [6.45, 7) is 4.01. The summed E-state index contributed by atoms with van der Waals surface area (Å²) in [4.78, 5) is 43.6. The molecule has 0 aliphatic rings. The minimum absolute atomic E-state index is 0.858. The number of hydrogen-bond acceptors (Lipinski definition) is 10. The van der Waals surface area contributed by atoms with Crippen LogP contribution < -0.4 is 0 Å². The third kappa shape index (κ3) is 11.1. The fourth-order valence-electron chi connectivity index (χ4n) is 1.41. The monoisotopic (exact) mass is 354 g/mol. The van der Waals surface area contributed by atoms with Gasteiger partial charge in [0.15, 0.2) is 9.84 Å². The molecule has 10 nitrogen and oxygen atoms in total. The van der Waals surface area contributed by atoms with Crippen molar-refractivity contribution >= 4 is 33.7 Å². The van der Waals surface area contributed by atoms with Crippen LogP contribution in [0.2, 0.25) is 0 Å². The molecular weight excluding hydrogens is 336 g/mol. The lowest BCUT2D eigenvalue weighted by molar-refractivity contribution is -0.181. The van der Waals surface area contributed by atoms with Crippen LogP contribution >= 0.6 is 0 Å². The molecule has 23 heavy (non-hydrogen) atoms. The van der Waals surface area contributed by atoms with Gasteiger partial charge in [-0.3, -0.25) is 19.2 Å². The Balaban J connectivity index is 5.02. The van der Waals surface area contributed by atoms with Crippen molar-refractivity contribution in [2.45, 2.75) is 40.3 Å². The minimum Gasteiger partial charge on any atom is -0.424 e. The molecule has 0 unspecified atom stereocenters. The number of sulfone groups is 1. The number of rotatable bonds is 8. The summed E-state index contributed by atoms with van der Waals surface area (Å²) < 4.78 is 42.3. The first-order valence-electron chi connectivity index (χ1n) is 6.30. The summed E-state index contributed by atoms with van der Waals surface area (Å²) in [6.07, 6.45) is -3.32. The van der Waals surface area contributed by atoms with Gasteiger partial charge in [-0.05, 0) is 0 Å². The predicted molar refractivity (Wildman–Crippen MR) is 73.3 cm³/mol. The predicted octanol–water partition coefficient (Wildman–Crippen LogP) is -0.694. The highest BCUT2D eigenvalue weighted by atomic mass is 32.2. The Morgan fingerprint density at radius 1 is 0.652 bits per heavy atom. The fraction of sp³-hybridized carbons (Fsp3) is 0.667. The second-order valence-electron chi connectivity index (χ2n) is 4.37. The van der Waals surface area contributed by atoms with Crippen molar-refractivity contribution in [2.75, 3.05) is 11.5 Å². The van der Waals surface area contributed by atoms with Gasteiger partial charge in [-0.25, -0.2) is 8.42 Å². The number of hydrogen-bond donors (Lipinski definition) is 0. The van der Waals surface area contributed by atoms with Crippen LogP contribution in [0.3, 0.4) is 0 Å². The SMILES string of the molecule is CC(=O)OC(CS(=O)(=O)CC(OC(C)=O)OC(C)=O)OC(C)=O. The Hall–Kier alpha value is -2.17. The van der Waals surface area contributed by atoms with Crippen molar-refractivity contribution in [2.24, 2.45) is 0 Å². The summed E-state index contributed by atoms with van der Waals surface area (Å²) in [7, 11) is -4.07. The first-order chi connectivity index (χ1) is 10.4. The Kier molecular flexibility index (Phi) is 8.22. The fourth-order valence-corrected chi connectivity index (χ4v) is 2.64. The Morgan fingerprint density at radius 2 is 0.870 bits per heavy atom. The van der Waals surface area contributed by atoms with E-state index in [9.17, 15) is 27.6 Å². The number of esters is 4.